The Kier molecular flexibility index (Phi) is 7.13. The Labute approximate surface area is 209 Å². The van der Waals surface area contributed by atoms with E-state index in [-0.39, 0.29) is 18.4 Å². The van der Waals surface area contributed by atoms with Gasteiger partial charge in [0.2, 0.25) is 11.8 Å². The van der Waals surface area contributed by atoms with Gasteiger partial charge in [-0.2, -0.15) is 5.10 Å². The molecule has 10 nitrogen and oxygen atoms in total. The molecule has 0 atom stereocenters. The van der Waals surface area contributed by atoms with Crippen molar-refractivity contribution in [3.05, 3.63) is 54.2 Å². The van der Waals surface area contributed by atoms with Crippen LogP contribution >= 0.6 is 0 Å². The highest BCUT2D eigenvalue weighted by atomic mass is 16.5. The number of aryl methyl sites for hydroxylation is 1. The fourth-order valence-corrected chi connectivity index (χ4v) is 4.30. The molecule has 2 N–H and O–H groups in total. The SMILES string of the molecule is CCn1ncc2c(NC3CCOCC3)c(-c3nc(CC(=O)NCc4ccc(OC)cc4)co3)cnc21. The van der Waals surface area contributed by atoms with Crippen LogP contribution in [0.25, 0.3) is 22.5 Å². The van der Waals surface area contributed by atoms with Crippen LogP contribution in [0.3, 0.4) is 0 Å². The van der Waals surface area contributed by atoms with Crippen LogP contribution in [0.1, 0.15) is 31.0 Å². The van der Waals surface area contributed by atoms with Gasteiger partial charge < -0.3 is 24.5 Å². The standard InChI is InChI=1S/C26H30N6O4/c1-3-32-25-21(15-29-32)24(30-18-8-10-35-11-9-18)22(14-28-25)26-31-19(16-36-26)12-23(33)27-13-17-4-6-20(34-2)7-5-17/h4-7,14-16,18H,3,8-13H2,1-2H3,(H,27,33)(H,28,30). The topological polar surface area (TPSA) is 116 Å². The molecule has 0 radical (unpaired) electrons. The van der Waals surface area contributed by atoms with E-state index in [9.17, 15) is 4.79 Å². The molecular formula is C26H30N6O4. The highest BCUT2D eigenvalue weighted by molar-refractivity contribution is 5.96. The third kappa shape index (κ3) is 5.18. The number of hydrogen-bond acceptors (Lipinski definition) is 8. The van der Waals surface area contributed by atoms with Gasteiger partial charge in [-0.15, -0.1) is 0 Å². The molecule has 1 aliphatic rings. The quantitative estimate of drug-likeness (QED) is 0.366. The van der Waals surface area contributed by atoms with E-state index < -0.39 is 0 Å². The van der Waals surface area contributed by atoms with Crippen LogP contribution in [0.5, 0.6) is 5.75 Å². The van der Waals surface area contributed by atoms with E-state index in [2.05, 4.69) is 25.7 Å². The fraction of sp³-hybridized carbons (Fsp3) is 0.385. The number of oxazole rings is 1. The Morgan fingerprint density at radius 2 is 2.00 bits per heavy atom. The first kappa shape index (κ1) is 23.8. The van der Waals surface area contributed by atoms with Crippen molar-refractivity contribution >= 4 is 22.6 Å². The van der Waals surface area contributed by atoms with Crippen LogP contribution in [-0.2, 0) is 29.0 Å². The Morgan fingerprint density at radius 3 is 2.75 bits per heavy atom. The number of aromatic nitrogens is 4. The molecule has 3 aromatic heterocycles. The lowest BCUT2D eigenvalue weighted by molar-refractivity contribution is -0.120. The summed E-state index contributed by atoms with van der Waals surface area (Å²) in [5.41, 5.74) is 3.98. The van der Waals surface area contributed by atoms with E-state index in [0.717, 1.165) is 66.2 Å². The van der Waals surface area contributed by atoms with Gasteiger partial charge >= 0.3 is 0 Å². The van der Waals surface area contributed by atoms with Crippen LogP contribution in [0.4, 0.5) is 5.69 Å². The minimum absolute atomic E-state index is 0.117. The van der Waals surface area contributed by atoms with Gasteiger partial charge in [0.15, 0.2) is 5.65 Å². The van der Waals surface area contributed by atoms with Crippen LogP contribution in [0.15, 0.2) is 47.3 Å². The summed E-state index contributed by atoms with van der Waals surface area (Å²) < 4.78 is 18.4. The monoisotopic (exact) mass is 490 g/mol. The van der Waals surface area contributed by atoms with Gasteiger partial charge in [-0.3, -0.25) is 4.79 Å². The number of pyridine rings is 1. The highest BCUT2D eigenvalue weighted by Gasteiger charge is 2.22. The number of ether oxygens (including phenoxy) is 2. The number of benzene rings is 1. The van der Waals surface area contributed by atoms with E-state index in [4.69, 9.17) is 13.9 Å². The van der Waals surface area contributed by atoms with Crippen LogP contribution in [-0.4, -0.2) is 52.0 Å². The Hall–Kier alpha value is -3.92. The average molecular weight is 491 g/mol. The first-order valence-corrected chi connectivity index (χ1v) is 12.2. The molecule has 4 heterocycles. The number of nitrogens with one attached hydrogen (secondary N) is 2. The van der Waals surface area contributed by atoms with Crippen molar-refractivity contribution in [1.82, 2.24) is 25.1 Å². The molecule has 1 amide bonds. The summed E-state index contributed by atoms with van der Waals surface area (Å²) in [5, 5.41) is 12.0. The predicted molar refractivity (Wildman–Crippen MR) is 135 cm³/mol. The van der Waals surface area contributed by atoms with E-state index in [1.54, 1.807) is 13.3 Å². The third-order valence-corrected chi connectivity index (χ3v) is 6.31. The molecule has 0 bridgehead atoms. The van der Waals surface area contributed by atoms with E-state index in [1.165, 1.54) is 6.26 Å². The second-order valence-electron chi connectivity index (χ2n) is 8.72. The maximum absolute atomic E-state index is 12.5. The fourth-order valence-electron chi connectivity index (χ4n) is 4.30. The van der Waals surface area contributed by atoms with E-state index >= 15 is 0 Å². The summed E-state index contributed by atoms with van der Waals surface area (Å²) in [6, 6.07) is 7.85. The third-order valence-electron chi connectivity index (χ3n) is 6.31. The van der Waals surface area contributed by atoms with Gasteiger partial charge in [0.25, 0.3) is 0 Å². The molecule has 1 aliphatic heterocycles. The van der Waals surface area contributed by atoms with Gasteiger partial charge in [0.05, 0.1) is 42.1 Å². The van der Waals surface area contributed by atoms with E-state index in [1.807, 2.05) is 42.1 Å². The van der Waals surface area contributed by atoms with Crippen molar-refractivity contribution in [3.8, 4) is 17.2 Å². The zero-order valence-corrected chi connectivity index (χ0v) is 20.5. The minimum Gasteiger partial charge on any atom is -0.497 e. The average Bonchev–Trinajstić information content (AvgIpc) is 3.55. The Balaban J connectivity index is 1.33. The van der Waals surface area contributed by atoms with Crippen LogP contribution < -0.4 is 15.4 Å². The van der Waals surface area contributed by atoms with Gasteiger partial charge in [-0.25, -0.2) is 14.6 Å². The maximum Gasteiger partial charge on any atom is 0.229 e. The summed E-state index contributed by atoms with van der Waals surface area (Å²) >= 11 is 0. The first-order chi connectivity index (χ1) is 17.6. The number of hydrogen-bond donors (Lipinski definition) is 2. The normalized spacial score (nSPS) is 14.2. The van der Waals surface area contributed by atoms with Crippen LogP contribution in [0.2, 0.25) is 0 Å². The van der Waals surface area contributed by atoms with Crippen molar-refractivity contribution in [2.45, 2.75) is 45.3 Å². The summed E-state index contributed by atoms with van der Waals surface area (Å²) in [6.07, 6.45) is 7.06. The number of rotatable bonds is 9. The summed E-state index contributed by atoms with van der Waals surface area (Å²) in [7, 11) is 1.62. The van der Waals surface area contributed by atoms with Crippen molar-refractivity contribution in [2.24, 2.45) is 0 Å². The van der Waals surface area contributed by atoms with Crippen molar-refractivity contribution in [2.75, 3.05) is 25.6 Å². The molecule has 1 fully saturated rings. The first-order valence-electron chi connectivity index (χ1n) is 12.2. The predicted octanol–water partition coefficient (Wildman–Crippen LogP) is 3.56. The lowest BCUT2D eigenvalue weighted by atomic mass is 10.1. The number of carbonyl (C=O) groups is 1. The molecule has 1 aromatic carbocycles. The molecule has 1 saturated heterocycles. The number of carbonyl (C=O) groups excluding carboxylic acids is 1. The van der Waals surface area contributed by atoms with Crippen LogP contribution in [0, 0.1) is 0 Å². The number of methoxy groups -OCH3 is 1. The minimum atomic E-state index is -0.135. The maximum atomic E-state index is 12.5. The lowest BCUT2D eigenvalue weighted by Gasteiger charge is -2.25. The number of nitrogens with zero attached hydrogens (tertiary/aromatic N) is 4. The molecule has 36 heavy (non-hydrogen) atoms. The highest BCUT2D eigenvalue weighted by Crippen LogP contribution is 2.34. The molecule has 0 saturated carbocycles. The largest absolute Gasteiger partial charge is 0.497 e. The van der Waals surface area contributed by atoms with Crippen molar-refractivity contribution in [3.63, 3.8) is 0 Å². The van der Waals surface area contributed by atoms with Crippen molar-refractivity contribution < 1.29 is 18.7 Å². The lowest BCUT2D eigenvalue weighted by Crippen LogP contribution is -2.28. The number of anilines is 1. The molecule has 188 valence electrons. The Bertz CT molecular complexity index is 1320. The van der Waals surface area contributed by atoms with Gasteiger partial charge in [-0.1, -0.05) is 12.1 Å². The molecular weight excluding hydrogens is 460 g/mol. The van der Waals surface area contributed by atoms with Gasteiger partial charge in [0.1, 0.15) is 12.0 Å². The summed E-state index contributed by atoms with van der Waals surface area (Å²) in [4.78, 5) is 21.8. The molecule has 10 heteroatoms. The second kappa shape index (κ2) is 10.8. The zero-order valence-electron chi connectivity index (χ0n) is 20.5. The zero-order chi connectivity index (χ0) is 24.9. The molecule has 5 rings (SSSR count). The number of fused-ring (bicyclic) bond motifs is 1. The second-order valence-corrected chi connectivity index (χ2v) is 8.72. The summed E-state index contributed by atoms with van der Waals surface area (Å²) in [5.74, 6) is 1.06. The van der Waals surface area contributed by atoms with E-state index in [0.29, 0.717) is 18.1 Å². The van der Waals surface area contributed by atoms with Gasteiger partial charge in [0, 0.05) is 38.5 Å². The molecule has 0 aliphatic carbocycles. The van der Waals surface area contributed by atoms with Crippen molar-refractivity contribution in [1.29, 1.82) is 0 Å². The molecule has 4 aromatic rings. The smallest absolute Gasteiger partial charge is 0.229 e. The van der Waals surface area contributed by atoms with Gasteiger partial charge in [-0.05, 0) is 37.5 Å². The molecule has 0 spiro atoms. The Morgan fingerprint density at radius 1 is 1.19 bits per heavy atom. The molecule has 0 unspecified atom stereocenters. The number of amides is 1. The summed E-state index contributed by atoms with van der Waals surface area (Å²) in [6.45, 7) is 4.64.